The third-order valence-electron chi connectivity index (χ3n) is 12.5. The zero-order valence-corrected chi connectivity index (χ0v) is 46.5. The van der Waals surface area contributed by atoms with Gasteiger partial charge in [-0.2, -0.15) is 0 Å². The van der Waals surface area contributed by atoms with Crippen molar-refractivity contribution in [3.05, 3.63) is 97.2 Å². The van der Waals surface area contributed by atoms with Crippen LogP contribution in [-0.2, 0) is 28.6 Å². The van der Waals surface area contributed by atoms with Crippen LogP contribution in [0.5, 0.6) is 0 Å². The molecule has 0 unspecified atom stereocenters. The van der Waals surface area contributed by atoms with Crippen LogP contribution >= 0.6 is 0 Å². The third-order valence-corrected chi connectivity index (χ3v) is 12.5. The van der Waals surface area contributed by atoms with Crippen molar-refractivity contribution in [2.24, 2.45) is 0 Å². The Morgan fingerprint density at radius 1 is 0.282 bits per heavy atom. The lowest BCUT2D eigenvalue weighted by atomic mass is 10.1. The van der Waals surface area contributed by atoms with Gasteiger partial charge in [0.15, 0.2) is 6.10 Å². The van der Waals surface area contributed by atoms with Gasteiger partial charge in [0.25, 0.3) is 0 Å². The van der Waals surface area contributed by atoms with E-state index in [0.29, 0.717) is 19.3 Å². The molecule has 0 fully saturated rings. The molecule has 0 amide bonds. The van der Waals surface area contributed by atoms with Crippen LogP contribution in [0.2, 0.25) is 0 Å². The SMILES string of the molecule is CCCCC/C=C\C/C=C\C/C=C\C/C=C\CCCC(=O)OC[C@H](COC(=O)CCC/C=C\C/C=C\C/C=C\CCCCCCCC)OC(=O)CCCCCCCCCCC/C=C\CCCCCCCC. The molecule has 0 bridgehead atoms. The molecule has 1 atom stereocenters. The number of carbonyl (C=O) groups is 3. The Morgan fingerprint density at radius 3 is 0.873 bits per heavy atom. The standard InChI is InChI=1S/C65H110O6/c1-4-7-10-13-16-19-22-25-28-31-32-35-38-41-44-47-50-53-56-59-65(68)71-62(60-69-63(66)57-54-51-48-45-42-39-36-33-29-26-23-20-17-14-11-8-5-2)61-70-64(67)58-55-52-49-46-43-40-37-34-30-27-24-21-18-15-12-9-6-3/h17,20,25-30,36-37,39-40,45-46,48-49,62H,4-16,18-19,21-24,31-35,38,41-44,47,50-61H2,1-3H3/b20-17-,28-25-,29-26-,30-27-,39-36-,40-37-,48-45-,49-46-/t62-/m1/s1. The summed E-state index contributed by atoms with van der Waals surface area (Å²) in [5.74, 6) is -1.02. The van der Waals surface area contributed by atoms with Gasteiger partial charge >= 0.3 is 17.9 Å². The van der Waals surface area contributed by atoms with E-state index in [1.165, 1.54) is 161 Å². The maximum absolute atomic E-state index is 12.9. The van der Waals surface area contributed by atoms with Crippen LogP contribution in [0.3, 0.4) is 0 Å². The fourth-order valence-electron chi connectivity index (χ4n) is 8.03. The molecule has 71 heavy (non-hydrogen) atoms. The zero-order chi connectivity index (χ0) is 51.4. The van der Waals surface area contributed by atoms with E-state index in [1.807, 2.05) is 0 Å². The minimum Gasteiger partial charge on any atom is -0.462 e. The van der Waals surface area contributed by atoms with Gasteiger partial charge in [0.05, 0.1) is 0 Å². The molecule has 0 aliphatic carbocycles. The smallest absolute Gasteiger partial charge is 0.306 e. The Hall–Kier alpha value is -3.67. The van der Waals surface area contributed by atoms with Crippen LogP contribution in [0.4, 0.5) is 0 Å². The van der Waals surface area contributed by atoms with E-state index < -0.39 is 6.10 Å². The van der Waals surface area contributed by atoms with Crippen LogP contribution in [0.25, 0.3) is 0 Å². The van der Waals surface area contributed by atoms with Crippen LogP contribution in [0.1, 0.15) is 278 Å². The van der Waals surface area contributed by atoms with Gasteiger partial charge in [0.1, 0.15) is 13.2 Å². The number of rotatable bonds is 53. The van der Waals surface area contributed by atoms with Gasteiger partial charge in [-0.1, -0.05) is 240 Å². The summed E-state index contributed by atoms with van der Waals surface area (Å²) < 4.78 is 16.8. The van der Waals surface area contributed by atoms with Crippen molar-refractivity contribution < 1.29 is 28.6 Å². The molecular formula is C65H110O6. The van der Waals surface area contributed by atoms with E-state index in [4.69, 9.17) is 14.2 Å². The maximum Gasteiger partial charge on any atom is 0.306 e. The molecule has 0 aromatic carbocycles. The molecule has 406 valence electrons. The van der Waals surface area contributed by atoms with Crippen molar-refractivity contribution in [1.29, 1.82) is 0 Å². The third kappa shape index (κ3) is 57.1. The lowest BCUT2D eigenvalue weighted by Crippen LogP contribution is -2.30. The van der Waals surface area contributed by atoms with Crippen LogP contribution in [0.15, 0.2) is 97.2 Å². The molecular weight excluding hydrogens is 877 g/mol. The molecule has 0 aliphatic heterocycles. The van der Waals surface area contributed by atoms with Gasteiger partial charge in [-0.3, -0.25) is 14.4 Å². The molecule has 6 heteroatoms. The Bertz CT molecular complexity index is 1410. The highest BCUT2D eigenvalue weighted by atomic mass is 16.6. The topological polar surface area (TPSA) is 78.9 Å². The fourth-order valence-corrected chi connectivity index (χ4v) is 8.03. The van der Waals surface area contributed by atoms with Gasteiger partial charge in [-0.05, 0) is 116 Å². The first kappa shape index (κ1) is 67.3. The predicted molar refractivity (Wildman–Crippen MR) is 307 cm³/mol. The molecule has 0 saturated carbocycles. The van der Waals surface area contributed by atoms with Crippen LogP contribution < -0.4 is 0 Å². The Kier molecular flexibility index (Phi) is 55.9. The number of esters is 3. The van der Waals surface area contributed by atoms with Crippen molar-refractivity contribution in [1.82, 2.24) is 0 Å². The first-order valence-corrected chi connectivity index (χ1v) is 29.7. The van der Waals surface area contributed by atoms with E-state index in [1.54, 1.807) is 0 Å². The first-order chi connectivity index (χ1) is 35.0. The normalized spacial score (nSPS) is 12.8. The summed E-state index contributed by atoms with van der Waals surface area (Å²) in [5.41, 5.74) is 0. The molecule has 0 radical (unpaired) electrons. The summed E-state index contributed by atoms with van der Waals surface area (Å²) in [6.07, 6.45) is 78.4. The van der Waals surface area contributed by atoms with Crippen molar-refractivity contribution in [3.63, 3.8) is 0 Å². The quantitative estimate of drug-likeness (QED) is 0.0261. The van der Waals surface area contributed by atoms with E-state index in [0.717, 1.165) is 64.2 Å². The van der Waals surface area contributed by atoms with E-state index in [2.05, 4.69) is 118 Å². The number of ether oxygens (including phenoxy) is 3. The highest BCUT2D eigenvalue weighted by Gasteiger charge is 2.19. The monoisotopic (exact) mass is 987 g/mol. The Morgan fingerprint density at radius 2 is 0.521 bits per heavy atom. The maximum atomic E-state index is 12.9. The highest BCUT2D eigenvalue weighted by molar-refractivity contribution is 5.71. The van der Waals surface area contributed by atoms with E-state index >= 15 is 0 Å². The fraction of sp³-hybridized carbons (Fsp3) is 0.708. The molecule has 0 heterocycles. The van der Waals surface area contributed by atoms with Gasteiger partial charge in [0.2, 0.25) is 0 Å². The van der Waals surface area contributed by atoms with Crippen molar-refractivity contribution in [3.8, 4) is 0 Å². The molecule has 0 aliphatic rings. The number of carbonyl (C=O) groups excluding carboxylic acids is 3. The lowest BCUT2D eigenvalue weighted by molar-refractivity contribution is -0.167. The zero-order valence-electron chi connectivity index (χ0n) is 46.5. The van der Waals surface area contributed by atoms with Gasteiger partial charge < -0.3 is 14.2 Å². The number of allylic oxidation sites excluding steroid dienone is 16. The summed E-state index contributed by atoms with van der Waals surface area (Å²) in [7, 11) is 0. The summed E-state index contributed by atoms with van der Waals surface area (Å²) in [4.78, 5) is 38.2. The molecule has 0 aromatic rings. The van der Waals surface area contributed by atoms with Crippen molar-refractivity contribution in [2.45, 2.75) is 284 Å². The van der Waals surface area contributed by atoms with Gasteiger partial charge in [-0.15, -0.1) is 0 Å². The molecule has 0 rings (SSSR count). The minimum atomic E-state index is -0.822. The second-order valence-electron chi connectivity index (χ2n) is 19.5. The number of unbranched alkanes of at least 4 members (excludes halogenated alkanes) is 26. The molecule has 6 nitrogen and oxygen atoms in total. The van der Waals surface area contributed by atoms with Gasteiger partial charge in [-0.25, -0.2) is 0 Å². The minimum absolute atomic E-state index is 0.121. The van der Waals surface area contributed by atoms with E-state index in [-0.39, 0.29) is 44.0 Å². The summed E-state index contributed by atoms with van der Waals surface area (Å²) in [5, 5.41) is 0. The van der Waals surface area contributed by atoms with Crippen molar-refractivity contribution >= 4 is 17.9 Å². The lowest BCUT2D eigenvalue weighted by Gasteiger charge is -2.18. The second-order valence-corrected chi connectivity index (χ2v) is 19.5. The number of hydrogen-bond donors (Lipinski definition) is 0. The summed E-state index contributed by atoms with van der Waals surface area (Å²) >= 11 is 0. The predicted octanol–water partition coefficient (Wildman–Crippen LogP) is 20.1. The van der Waals surface area contributed by atoms with Gasteiger partial charge in [0, 0.05) is 19.3 Å². The molecule has 0 N–H and O–H groups in total. The average molecular weight is 988 g/mol. The highest BCUT2D eigenvalue weighted by Crippen LogP contribution is 2.14. The largest absolute Gasteiger partial charge is 0.462 e. The molecule has 0 saturated heterocycles. The van der Waals surface area contributed by atoms with E-state index in [9.17, 15) is 14.4 Å². The molecule has 0 aromatic heterocycles. The molecule has 0 spiro atoms. The number of hydrogen-bond acceptors (Lipinski definition) is 6. The van der Waals surface area contributed by atoms with Crippen LogP contribution in [0, 0.1) is 0 Å². The van der Waals surface area contributed by atoms with Crippen molar-refractivity contribution in [2.75, 3.05) is 13.2 Å². The van der Waals surface area contributed by atoms with Crippen LogP contribution in [-0.4, -0.2) is 37.2 Å². The second kappa shape index (κ2) is 58.9. The first-order valence-electron chi connectivity index (χ1n) is 29.7. The summed E-state index contributed by atoms with van der Waals surface area (Å²) in [6.45, 7) is 6.52. The Labute approximate surface area is 438 Å². The Balaban J connectivity index is 4.53. The summed E-state index contributed by atoms with van der Waals surface area (Å²) in [6, 6.07) is 0. The average Bonchev–Trinajstić information content (AvgIpc) is 3.37.